The molecule has 0 saturated heterocycles. The van der Waals surface area contributed by atoms with Crippen molar-refractivity contribution in [3.05, 3.63) is 54.6 Å². The second kappa shape index (κ2) is 7.48. The molecule has 0 atom stereocenters. The molecule has 0 aromatic heterocycles. The van der Waals surface area contributed by atoms with Crippen molar-refractivity contribution in [2.75, 3.05) is 39.2 Å². The van der Waals surface area contributed by atoms with E-state index in [4.69, 9.17) is 4.74 Å². The van der Waals surface area contributed by atoms with Crippen molar-refractivity contribution in [1.29, 1.82) is 0 Å². The van der Waals surface area contributed by atoms with Crippen molar-refractivity contribution in [3.63, 3.8) is 0 Å². The smallest absolute Gasteiger partial charge is 0.242 e. The predicted molar refractivity (Wildman–Crippen MR) is 92.5 cm³/mol. The second-order valence-electron chi connectivity index (χ2n) is 5.37. The molecule has 0 heterocycles. The first-order valence-electron chi connectivity index (χ1n) is 7.33. The van der Waals surface area contributed by atoms with Crippen LogP contribution in [0.4, 0.5) is 5.69 Å². The first-order valence-corrected chi connectivity index (χ1v) is 8.77. The molecule has 2 aromatic carbocycles. The van der Waals surface area contributed by atoms with Gasteiger partial charge in [-0.05, 0) is 24.3 Å². The van der Waals surface area contributed by atoms with Gasteiger partial charge in [-0.2, -0.15) is 0 Å². The Hall–Kier alpha value is -2.05. The molecule has 0 amide bonds. The van der Waals surface area contributed by atoms with Crippen LogP contribution in [-0.2, 0) is 10.0 Å². The highest BCUT2D eigenvalue weighted by molar-refractivity contribution is 7.89. The molecule has 0 aliphatic rings. The highest BCUT2D eigenvalue weighted by atomic mass is 32.2. The third-order valence-corrected chi connectivity index (χ3v) is 5.29. The number of hydrogen-bond donors (Lipinski definition) is 0. The summed E-state index contributed by atoms with van der Waals surface area (Å²) in [4.78, 5) is 2.32. The molecule has 23 heavy (non-hydrogen) atoms. The Labute approximate surface area is 138 Å². The van der Waals surface area contributed by atoms with E-state index in [0.29, 0.717) is 18.9 Å². The number of hydrogen-bond acceptors (Lipinski definition) is 4. The molecule has 0 bridgehead atoms. The average molecular weight is 334 g/mol. The zero-order valence-corrected chi connectivity index (χ0v) is 14.5. The highest BCUT2D eigenvalue weighted by Gasteiger charge is 2.17. The largest absolute Gasteiger partial charge is 0.492 e. The third-order valence-electron chi connectivity index (χ3n) is 3.48. The van der Waals surface area contributed by atoms with Crippen LogP contribution in [0, 0.1) is 0 Å². The number of anilines is 1. The van der Waals surface area contributed by atoms with Gasteiger partial charge >= 0.3 is 0 Å². The summed E-state index contributed by atoms with van der Waals surface area (Å²) >= 11 is 0. The lowest BCUT2D eigenvalue weighted by Gasteiger charge is -2.19. The minimum atomic E-state index is -3.44. The molecular weight excluding hydrogens is 312 g/mol. The summed E-state index contributed by atoms with van der Waals surface area (Å²) in [7, 11) is 1.57. The maximum Gasteiger partial charge on any atom is 0.242 e. The zero-order chi connectivity index (χ0) is 16.9. The van der Waals surface area contributed by atoms with Gasteiger partial charge in [0.15, 0.2) is 0 Å². The van der Waals surface area contributed by atoms with Crippen molar-refractivity contribution < 1.29 is 13.2 Å². The van der Waals surface area contributed by atoms with Gasteiger partial charge in [-0.25, -0.2) is 12.7 Å². The Morgan fingerprint density at radius 2 is 1.65 bits per heavy atom. The van der Waals surface area contributed by atoms with Crippen LogP contribution in [0.3, 0.4) is 0 Å². The Balaban J connectivity index is 1.97. The lowest BCUT2D eigenvalue weighted by Crippen LogP contribution is -2.24. The molecule has 0 spiro atoms. The van der Waals surface area contributed by atoms with Crippen LogP contribution in [0.25, 0.3) is 0 Å². The highest BCUT2D eigenvalue weighted by Crippen LogP contribution is 2.19. The van der Waals surface area contributed by atoms with E-state index in [1.807, 2.05) is 37.4 Å². The monoisotopic (exact) mass is 334 g/mol. The molecule has 0 fully saturated rings. The van der Waals surface area contributed by atoms with Gasteiger partial charge in [-0.3, -0.25) is 0 Å². The van der Waals surface area contributed by atoms with Gasteiger partial charge in [0.2, 0.25) is 10.0 Å². The van der Waals surface area contributed by atoms with Gasteiger partial charge in [0.25, 0.3) is 0 Å². The van der Waals surface area contributed by atoms with Crippen LogP contribution in [0.2, 0.25) is 0 Å². The number of rotatable bonds is 7. The van der Waals surface area contributed by atoms with Crippen molar-refractivity contribution in [1.82, 2.24) is 4.31 Å². The average Bonchev–Trinajstić information content (AvgIpc) is 2.55. The predicted octanol–water partition coefficient (Wildman–Crippen LogP) is 2.45. The third kappa shape index (κ3) is 4.46. The minimum Gasteiger partial charge on any atom is -0.492 e. The molecule has 0 N–H and O–H groups in total. The van der Waals surface area contributed by atoms with Crippen LogP contribution in [0.15, 0.2) is 59.5 Å². The fraction of sp³-hybridized carbons (Fsp3) is 0.294. The van der Waals surface area contributed by atoms with E-state index in [-0.39, 0.29) is 4.90 Å². The number of para-hydroxylation sites is 1. The minimum absolute atomic E-state index is 0.233. The molecule has 0 aliphatic heterocycles. The summed E-state index contributed by atoms with van der Waals surface area (Å²) in [6.07, 6.45) is 0. The molecule has 2 rings (SSSR count). The first kappa shape index (κ1) is 17.3. The molecule has 2 aromatic rings. The van der Waals surface area contributed by atoms with Crippen LogP contribution in [0.5, 0.6) is 5.75 Å². The molecule has 5 nitrogen and oxygen atoms in total. The maximum atomic E-state index is 12.1. The molecule has 0 unspecified atom stereocenters. The molecule has 124 valence electrons. The summed E-state index contributed by atoms with van der Waals surface area (Å²) in [5, 5.41) is 0. The molecule has 0 aliphatic carbocycles. The molecule has 0 radical (unpaired) electrons. The summed E-state index contributed by atoms with van der Waals surface area (Å²) < 4.78 is 31.1. The van der Waals surface area contributed by atoms with Crippen molar-refractivity contribution in [2.24, 2.45) is 0 Å². The van der Waals surface area contributed by atoms with Crippen molar-refractivity contribution >= 4 is 15.7 Å². The summed E-state index contributed by atoms with van der Waals surface area (Å²) in [5.41, 5.74) is 1.11. The van der Waals surface area contributed by atoms with Gasteiger partial charge in [0.05, 0.1) is 11.4 Å². The van der Waals surface area contributed by atoms with Crippen LogP contribution in [0.1, 0.15) is 0 Å². The Morgan fingerprint density at radius 1 is 0.957 bits per heavy atom. The summed E-state index contributed by atoms with van der Waals surface area (Å²) in [6.45, 7) is 1.17. The van der Waals surface area contributed by atoms with E-state index in [2.05, 4.69) is 4.90 Å². The standard InChI is InChI=1S/C17H22N2O3S/c1-18(2)23(20,21)17-11-7-10-16(14-17)22-13-12-19(3)15-8-5-4-6-9-15/h4-11,14H,12-13H2,1-3H3. The topological polar surface area (TPSA) is 49.9 Å². The number of sulfonamides is 1. The van der Waals surface area contributed by atoms with E-state index >= 15 is 0 Å². The van der Waals surface area contributed by atoms with E-state index in [1.54, 1.807) is 24.3 Å². The second-order valence-corrected chi connectivity index (χ2v) is 7.52. The first-order chi connectivity index (χ1) is 10.9. The zero-order valence-electron chi connectivity index (χ0n) is 13.6. The lowest BCUT2D eigenvalue weighted by atomic mass is 10.3. The van der Waals surface area contributed by atoms with Crippen LogP contribution >= 0.6 is 0 Å². The normalized spacial score (nSPS) is 11.5. The number of likely N-dealkylation sites (N-methyl/N-ethyl adjacent to an activating group) is 1. The fourth-order valence-corrected chi connectivity index (χ4v) is 2.98. The Kier molecular flexibility index (Phi) is 5.63. The fourth-order valence-electron chi connectivity index (χ4n) is 2.05. The maximum absolute atomic E-state index is 12.1. The van der Waals surface area contributed by atoms with Gasteiger partial charge in [0, 0.05) is 32.9 Å². The number of nitrogens with zero attached hydrogens (tertiary/aromatic N) is 2. The summed E-state index contributed by atoms with van der Waals surface area (Å²) in [6, 6.07) is 16.6. The quantitative estimate of drug-likeness (QED) is 0.780. The van der Waals surface area contributed by atoms with Crippen molar-refractivity contribution in [2.45, 2.75) is 4.90 Å². The van der Waals surface area contributed by atoms with Gasteiger partial charge in [-0.15, -0.1) is 0 Å². The van der Waals surface area contributed by atoms with Crippen LogP contribution < -0.4 is 9.64 Å². The molecule has 6 heteroatoms. The van der Waals surface area contributed by atoms with Gasteiger partial charge in [-0.1, -0.05) is 24.3 Å². The molecular formula is C17H22N2O3S. The van der Waals surface area contributed by atoms with Gasteiger partial charge < -0.3 is 9.64 Å². The van der Waals surface area contributed by atoms with E-state index in [1.165, 1.54) is 18.4 Å². The van der Waals surface area contributed by atoms with E-state index < -0.39 is 10.0 Å². The lowest BCUT2D eigenvalue weighted by molar-refractivity contribution is 0.325. The Morgan fingerprint density at radius 3 is 2.30 bits per heavy atom. The SMILES string of the molecule is CN(CCOc1cccc(S(=O)(=O)N(C)C)c1)c1ccccc1. The molecule has 0 saturated carbocycles. The van der Waals surface area contributed by atoms with Crippen LogP contribution in [-0.4, -0.2) is 47.0 Å². The number of benzene rings is 2. The van der Waals surface area contributed by atoms with Crippen molar-refractivity contribution in [3.8, 4) is 5.75 Å². The Bertz CT molecular complexity index is 731. The van der Waals surface area contributed by atoms with E-state index in [0.717, 1.165) is 5.69 Å². The van der Waals surface area contributed by atoms with E-state index in [9.17, 15) is 8.42 Å². The summed E-state index contributed by atoms with van der Waals surface area (Å²) in [5.74, 6) is 0.550. The number of ether oxygens (including phenoxy) is 1. The van der Waals surface area contributed by atoms with Gasteiger partial charge in [0.1, 0.15) is 12.4 Å².